The molecular formula is C26H39NO3. The van der Waals surface area contributed by atoms with E-state index in [0.717, 1.165) is 12.8 Å². The lowest BCUT2D eigenvalue weighted by Gasteiger charge is -2.35. The second-order valence-corrected chi connectivity index (χ2v) is 10.4. The molecule has 4 heteroatoms. The van der Waals surface area contributed by atoms with E-state index >= 15 is 0 Å². The molecule has 0 unspecified atom stereocenters. The van der Waals surface area contributed by atoms with Gasteiger partial charge in [0.25, 0.3) is 0 Å². The van der Waals surface area contributed by atoms with E-state index in [0.29, 0.717) is 11.8 Å². The maximum Gasteiger partial charge on any atom is 0.412 e. The third kappa shape index (κ3) is 5.46. The molecule has 1 aliphatic heterocycles. The lowest BCUT2D eigenvalue weighted by atomic mass is 9.75. The maximum absolute atomic E-state index is 13.2. The fourth-order valence-corrected chi connectivity index (χ4v) is 5.16. The zero-order valence-electron chi connectivity index (χ0n) is 19.4. The molecule has 1 amide bonds. The smallest absolute Gasteiger partial charge is 0.412 e. The van der Waals surface area contributed by atoms with Gasteiger partial charge >= 0.3 is 6.09 Å². The summed E-state index contributed by atoms with van der Waals surface area (Å²) in [4.78, 5) is 15.1. The molecule has 0 aromatic heterocycles. The van der Waals surface area contributed by atoms with Crippen molar-refractivity contribution in [1.29, 1.82) is 0 Å². The van der Waals surface area contributed by atoms with Crippen LogP contribution in [0.15, 0.2) is 43.0 Å². The minimum Gasteiger partial charge on any atom is -0.444 e. The first-order chi connectivity index (χ1) is 14.1. The molecule has 4 atom stereocenters. The van der Waals surface area contributed by atoms with Crippen molar-refractivity contribution in [2.75, 3.05) is 0 Å². The zero-order chi connectivity index (χ0) is 21.9. The number of hydrogen-bond acceptors (Lipinski definition) is 3. The van der Waals surface area contributed by atoms with Crippen molar-refractivity contribution in [1.82, 2.24) is 4.90 Å². The van der Waals surface area contributed by atoms with Gasteiger partial charge in [0.15, 0.2) is 0 Å². The summed E-state index contributed by atoms with van der Waals surface area (Å²) in [5, 5.41) is 0. The van der Waals surface area contributed by atoms with Crippen LogP contribution >= 0.6 is 0 Å². The van der Waals surface area contributed by atoms with Gasteiger partial charge in [0.1, 0.15) is 11.3 Å². The highest BCUT2D eigenvalue weighted by atomic mass is 16.6. The van der Waals surface area contributed by atoms with Gasteiger partial charge < -0.3 is 9.47 Å². The van der Waals surface area contributed by atoms with Crippen LogP contribution in [0.4, 0.5) is 4.79 Å². The van der Waals surface area contributed by atoms with Gasteiger partial charge in [-0.1, -0.05) is 49.2 Å². The van der Waals surface area contributed by atoms with E-state index < -0.39 is 11.3 Å². The number of allylic oxidation sites excluding steroid dienone is 1. The first-order valence-corrected chi connectivity index (χ1v) is 11.5. The number of ether oxygens (including phenoxy) is 2. The number of nitrogens with zero attached hydrogens (tertiary/aromatic N) is 1. The van der Waals surface area contributed by atoms with Crippen LogP contribution in [-0.2, 0) is 15.9 Å². The predicted molar refractivity (Wildman–Crippen MR) is 121 cm³/mol. The molecule has 0 spiro atoms. The fraction of sp³-hybridized carbons (Fsp3) is 0.654. The topological polar surface area (TPSA) is 38.8 Å². The quantitative estimate of drug-likeness (QED) is 0.528. The monoisotopic (exact) mass is 413 g/mol. The van der Waals surface area contributed by atoms with E-state index in [2.05, 4.69) is 36.9 Å². The van der Waals surface area contributed by atoms with E-state index in [-0.39, 0.29) is 18.2 Å². The van der Waals surface area contributed by atoms with Crippen LogP contribution in [0.3, 0.4) is 0 Å². The number of hydrogen-bond donors (Lipinski definition) is 0. The second-order valence-electron chi connectivity index (χ2n) is 10.4. The zero-order valence-corrected chi connectivity index (χ0v) is 19.4. The Morgan fingerprint density at radius 2 is 1.90 bits per heavy atom. The Balaban J connectivity index is 1.88. The predicted octanol–water partition coefficient (Wildman–Crippen LogP) is 6.35. The van der Waals surface area contributed by atoms with E-state index in [1.807, 2.05) is 45.6 Å². The van der Waals surface area contributed by atoms with E-state index in [1.165, 1.54) is 31.2 Å². The van der Waals surface area contributed by atoms with Gasteiger partial charge in [0, 0.05) is 0 Å². The summed E-state index contributed by atoms with van der Waals surface area (Å²) in [6.45, 7) is 13.8. The summed E-state index contributed by atoms with van der Waals surface area (Å²) in [7, 11) is 0. The second kappa shape index (κ2) is 9.13. The van der Waals surface area contributed by atoms with Gasteiger partial charge in [0.05, 0.1) is 12.1 Å². The summed E-state index contributed by atoms with van der Waals surface area (Å²) < 4.78 is 12.4. The number of carbonyl (C=O) groups is 1. The Kier molecular flexibility index (Phi) is 6.96. The minimum atomic E-state index is -0.704. The summed E-state index contributed by atoms with van der Waals surface area (Å²) in [6, 6.07) is 10.3. The maximum atomic E-state index is 13.2. The molecule has 166 valence electrons. The largest absolute Gasteiger partial charge is 0.444 e. The van der Waals surface area contributed by atoms with Crippen molar-refractivity contribution in [3.05, 3.63) is 48.6 Å². The Morgan fingerprint density at radius 3 is 2.53 bits per heavy atom. The van der Waals surface area contributed by atoms with Crippen LogP contribution in [-0.4, -0.2) is 34.5 Å². The Hall–Kier alpha value is -1.81. The molecule has 0 N–H and O–H groups in total. The van der Waals surface area contributed by atoms with Crippen molar-refractivity contribution in [2.45, 2.75) is 96.6 Å². The fourth-order valence-electron chi connectivity index (χ4n) is 5.16. The molecule has 30 heavy (non-hydrogen) atoms. The number of carbonyl (C=O) groups excluding carboxylic acids is 1. The molecule has 1 aromatic carbocycles. The van der Waals surface area contributed by atoms with Crippen molar-refractivity contribution in [3.8, 4) is 0 Å². The van der Waals surface area contributed by atoms with Crippen LogP contribution < -0.4 is 0 Å². The molecule has 3 rings (SSSR count). The highest BCUT2D eigenvalue weighted by Crippen LogP contribution is 2.41. The van der Waals surface area contributed by atoms with E-state index in [4.69, 9.17) is 9.47 Å². The van der Waals surface area contributed by atoms with Crippen LogP contribution in [0.5, 0.6) is 0 Å². The Labute approximate surface area is 182 Å². The first-order valence-electron chi connectivity index (χ1n) is 11.5. The van der Waals surface area contributed by atoms with Gasteiger partial charge in [-0.25, -0.2) is 4.79 Å². The highest BCUT2D eigenvalue weighted by molar-refractivity contribution is 5.70. The molecule has 1 saturated heterocycles. The van der Waals surface area contributed by atoms with Crippen LogP contribution in [0, 0.1) is 11.8 Å². The Bertz CT molecular complexity index is 722. The highest BCUT2D eigenvalue weighted by Gasteiger charge is 2.51. The lowest BCUT2D eigenvalue weighted by molar-refractivity contribution is -0.0834. The summed E-state index contributed by atoms with van der Waals surface area (Å²) in [5.41, 5.74) is -0.0313. The van der Waals surface area contributed by atoms with Crippen molar-refractivity contribution in [3.63, 3.8) is 0 Å². The number of rotatable bonds is 5. The molecule has 1 aliphatic carbocycles. The van der Waals surface area contributed by atoms with Crippen LogP contribution in [0.2, 0.25) is 0 Å². The Morgan fingerprint density at radius 1 is 1.23 bits per heavy atom. The van der Waals surface area contributed by atoms with Gasteiger partial charge in [-0.05, 0) is 77.7 Å². The standard InChI is InChI=1S/C26H39NO3/c1-7-20-15-11-12-16-21(20)18-23-22(17-19-13-9-8-10-14-19)27(26(5,6)29-23)24(28)30-25(2,3)4/h7-10,13-14,20-23H,1,11-12,15-18H2,2-6H3/t20-,21+,22+,23-/m1/s1. The van der Waals surface area contributed by atoms with E-state index in [9.17, 15) is 4.79 Å². The number of benzene rings is 1. The average molecular weight is 414 g/mol. The average Bonchev–Trinajstić information content (AvgIpc) is 2.91. The molecule has 4 nitrogen and oxygen atoms in total. The van der Waals surface area contributed by atoms with Gasteiger partial charge in [-0.3, -0.25) is 4.90 Å². The number of amides is 1. The molecule has 1 saturated carbocycles. The van der Waals surface area contributed by atoms with Crippen molar-refractivity contribution in [2.24, 2.45) is 11.8 Å². The minimum absolute atomic E-state index is 0.0155. The molecule has 0 bridgehead atoms. The third-order valence-electron chi connectivity index (χ3n) is 6.46. The van der Waals surface area contributed by atoms with Crippen LogP contribution in [0.25, 0.3) is 0 Å². The lowest BCUT2D eigenvalue weighted by Crippen LogP contribution is -2.51. The summed E-state index contributed by atoms with van der Waals surface area (Å²) >= 11 is 0. The molecule has 2 aliphatic rings. The SMILES string of the molecule is C=C[C@@H]1CCCC[C@H]1C[C@H]1OC(C)(C)N(C(=O)OC(C)(C)C)[C@H]1Cc1ccccc1. The van der Waals surface area contributed by atoms with Crippen molar-refractivity contribution >= 4 is 6.09 Å². The molecule has 2 fully saturated rings. The molecular weight excluding hydrogens is 374 g/mol. The van der Waals surface area contributed by atoms with E-state index in [1.54, 1.807) is 0 Å². The summed E-state index contributed by atoms with van der Waals surface area (Å²) in [5.74, 6) is 1.10. The van der Waals surface area contributed by atoms with Crippen LogP contribution in [0.1, 0.15) is 72.3 Å². The summed E-state index contributed by atoms with van der Waals surface area (Å²) in [6.07, 6.45) is 8.51. The first kappa shape index (κ1) is 22.9. The molecule has 0 radical (unpaired) electrons. The third-order valence-corrected chi connectivity index (χ3v) is 6.46. The molecule has 1 heterocycles. The van der Waals surface area contributed by atoms with Crippen molar-refractivity contribution < 1.29 is 14.3 Å². The van der Waals surface area contributed by atoms with Gasteiger partial charge in [-0.2, -0.15) is 0 Å². The van der Waals surface area contributed by atoms with Gasteiger partial charge in [-0.15, -0.1) is 6.58 Å². The normalized spacial score (nSPS) is 28.9. The molecule has 1 aromatic rings. The van der Waals surface area contributed by atoms with Gasteiger partial charge in [0.2, 0.25) is 0 Å².